The largest absolute Gasteiger partial charge is 0.312 e. The van der Waals surface area contributed by atoms with Gasteiger partial charge in [0.1, 0.15) is 11.1 Å². The van der Waals surface area contributed by atoms with E-state index in [1.807, 2.05) is 0 Å². The van der Waals surface area contributed by atoms with Gasteiger partial charge in [-0.05, 0) is 61.6 Å². The topological polar surface area (TPSA) is 93.5 Å². The van der Waals surface area contributed by atoms with Crippen LogP contribution < -0.4 is 5.32 Å². The number of piperidine rings is 1. The number of nitriles is 1. The predicted octanol–water partition coefficient (Wildman–Crippen LogP) is 3.67. The molecule has 4 rings (SSSR count). The van der Waals surface area contributed by atoms with Crippen molar-refractivity contribution in [1.29, 1.82) is 5.26 Å². The standard InChI is InChI=1S/C23H28N4O3S2/c1-3-26-12-10-19-20(13-24)23(31-21(19)15-26)25-22(28)17-6-8-18(9-7-17)32(29,30)27-11-4-5-16(2)14-27/h6-9,16H,3-5,10-12,14-15H2,1-2H3,(H,25,28). The number of hydrogen-bond donors (Lipinski definition) is 1. The molecule has 3 heterocycles. The minimum absolute atomic E-state index is 0.201. The van der Waals surface area contributed by atoms with Crippen LogP contribution in [0.25, 0.3) is 0 Å². The maximum atomic E-state index is 12.9. The van der Waals surface area contributed by atoms with Crippen molar-refractivity contribution in [3.8, 4) is 6.07 Å². The third kappa shape index (κ3) is 4.46. The maximum absolute atomic E-state index is 12.9. The molecule has 1 aromatic heterocycles. The fourth-order valence-electron chi connectivity index (χ4n) is 4.40. The van der Waals surface area contributed by atoms with E-state index in [1.165, 1.54) is 39.9 Å². The molecule has 2 aromatic rings. The Hall–Kier alpha value is -2.25. The highest BCUT2D eigenvalue weighted by Crippen LogP contribution is 2.37. The van der Waals surface area contributed by atoms with Gasteiger partial charge in [0.25, 0.3) is 5.91 Å². The summed E-state index contributed by atoms with van der Waals surface area (Å²) in [6.45, 7) is 7.89. The second kappa shape index (κ2) is 9.32. The van der Waals surface area contributed by atoms with Crippen molar-refractivity contribution in [2.75, 3.05) is 31.5 Å². The lowest BCUT2D eigenvalue weighted by molar-refractivity contribution is 0.102. The summed E-state index contributed by atoms with van der Waals surface area (Å²) in [4.78, 5) is 16.5. The van der Waals surface area contributed by atoms with Crippen molar-refractivity contribution in [3.05, 3.63) is 45.8 Å². The molecule has 1 fully saturated rings. The van der Waals surface area contributed by atoms with E-state index in [1.54, 1.807) is 0 Å². The van der Waals surface area contributed by atoms with Gasteiger partial charge < -0.3 is 5.32 Å². The molecular formula is C23H28N4O3S2. The first-order chi connectivity index (χ1) is 15.3. The lowest BCUT2D eigenvalue weighted by atomic mass is 10.0. The zero-order chi connectivity index (χ0) is 22.9. The Bertz CT molecular complexity index is 1150. The van der Waals surface area contributed by atoms with E-state index in [-0.39, 0.29) is 10.8 Å². The van der Waals surface area contributed by atoms with Gasteiger partial charge in [-0.3, -0.25) is 9.69 Å². The number of fused-ring (bicyclic) bond motifs is 1. The van der Waals surface area contributed by atoms with E-state index < -0.39 is 10.0 Å². The first kappa shape index (κ1) is 22.9. The average molecular weight is 473 g/mol. The second-order valence-electron chi connectivity index (χ2n) is 8.53. The van der Waals surface area contributed by atoms with Crippen molar-refractivity contribution < 1.29 is 13.2 Å². The molecule has 170 valence electrons. The molecule has 1 unspecified atom stereocenters. The molecule has 0 bridgehead atoms. The van der Waals surface area contributed by atoms with Crippen molar-refractivity contribution in [2.24, 2.45) is 5.92 Å². The SMILES string of the molecule is CCN1CCc2c(sc(NC(=O)c3ccc(S(=O)(=O)N4CCCC(C)C4)cc3)c2C#N)C1. The van der Waals surface area contributed by atoms with Gasteiger partial charge in [-0.2, -0.15) is 9.57 Å². The van der Waals surface area contributed by atoms with E-state index in [4.69, 9.17) is 0 Å². The van der Waals surface area contributed by atoms with Crippen molar-refractivity contribution >= 4 is 32.3 Å². The number of hydrogen-bond acceptors (Lipinski definition) is 6. The summed E-state index contributed by atoms with van der Waals surface area (Å²) in [7, 11) is -3.56. The Kier molecular flexibility index (Phi) is 6.67. The van der Waals surface area contributed by atoms with Crippen molar-refractivity contribution in [2.45, 2.75) is 44.6 Å². The molecule has 1 amide bonds. The number of sulfonamides is 1. The molecule has 0 aliphatic carbocycles. The number of amides is 1. The lowest BCUT2D eigenvalue weighted by Gasteiger charge is -2.30. The fraction of sp³-hybridized carbons (Fsp3) is 0.478. The molecule has 1 saturated heterocycles. The summed E-state index contributed by atoms with van der Waals surface area (Å²) in [6.07, 6.45) is 2.71. The van der Waals surface area contributed by atoms with Crippen molar-refractivity contribution in [3.63, 3.8) is 0 Å². The minimum Gasteiger partial charge on any atom is -0.312 e. The minimum atomic E-state index is -3.56. The molecule has 7 nitrogen and oxygen atoms in total. The normalized spacial score (nSPS) is 19.8. The molecule has 1 N–H and O–H groups in total. The van der Waals surface area contributed by atoms with Gasteiger partial charge in [-0.25, -0.2) is 8.42 Å². The fourth-order valence-corrected chi connectivity index (χ4v) is 7.23. The summed E-state index contributed by atoms with van der Waals surface area (Å²) < 4.78 is 27.4. The maximum Gasteiger partial charge on any atom is 0.256 e. The molecule has 0 saturated carbocycles. The quantitative estimate of drug-likeness (QED) is 0.717. The van der Waals surface area contributed by atoms with Crippen LogP contribution >= 0.6 is 11.3 Å². The Balaban J connectivity index is 1.51. The van der Waals surface area contributed by atoms with E-state index in [0.29, 0.717) is 35.1 Å². The molecular weight excluding hydrogens is 444 g/mol. The summed E-state index contributed by atoms with van der Waals surface area (Å²) in [6, 6.07) is 8.31. The zero-order valence-corrected chi connectivity index (χ0v) is 20.1. The van der Waals surface area contributed by atoms with Crippen molar-refractivity contribution in [1.82, 2.24) is 9.21 Å². The Morgan fingerprint density at radius 1 is 1.28 bits per heavy atom. The van der Waals surface area contributed by atoms with Gasteiger partial charge in [0.15, 0.2) is 0 Å². The van der Waals surface area contributed by atoms with E-state index in [9.17, 15) is 18.5 Å². The molecule has 32 heavy (non-hydrogen) atoms. The summed E-state index contributed by atoms with van der Waals surface area (Å²) in [5.41, 5.74) is 1.95. The number of nitrogens with zero attached hydrogens (tertiary/aromatic N) is 3. The van der Waals surface area contributed by atoms with Gasteiger partial charge in [-0.15, -0.1) is 11.3 Å². The molecule has 0 spiro atoms. The number of benzene rings is 1. The van der Waals surface area contributed by atoms with Crippen LogP contribution in [0, 0.1) is 17.2 Å². The average Bonchev–Trinajstić information content (AvgIpc) is 3.14. The Morgan fingerprint density at radius 3 is 2.69 bits per heavy atom. The first-order valence-corrected chi connectivity index (χ1v) is 13.3. The highest BCUT2D eigenvalue weighted by atomic mass is 32.2. The van der Waals surface area contributed by atoms with Crippen LogP contribution in [0.1, 0.15) is 53.1 Å². The van der Waals surface area contributed by atoms with Crippen LogP contribution in [0.3, 0.4) is 0 Å². The molecule has 1 aromatic carbocycles. The summed E-state index contributed by atoms with van der Waals surface area (Å²) in [5, 5.41) is 13.1. The van der Waals surface area contributed by atoms with Crippen LogP contribution in [0.4, 0.5) is 5.00 Å². The third-order valence-corrected chi connectivity index (χ3v) is 9.31. The van der Waals surface area contributed by atoms with E-state index in [2.05, 4.69) is 30.1 Å². The molecule has 0 radical (unpaired) electrons. The predicted molar refractivity (Wildman–Crippen MR) is 125 cm³/mol. The van der Waals surface area contributed by atoms with Gasteiger partial charge in [0, 0.05) is 36.6 Å². The number of likely N-dealkylation sites (N-methyl/N-ethyl adjacent to an activating group) is 1. The zero-order valence-electron chi connectivity index (χ0n) is 18.4. The van der Waals surface area contributed by atoms with Gasteiger partial charge >= 0.3 is 0 Å². The second-order valence-corrected chi connectivity index (χ2v) is 11.6. The highest BCUT2D eigenvalue weighted by Gasteiger charge is 2.29. The van der Waals surface area contributed by atoms with Crippen LogP contribution in [0.2, 0.25) is 0 Å². The van der Waals surface area contributed by atoms with Crippen LogP contribution in [0.15, 0.2) is 29.2 Å². The lowest BCUT2D eigenvalue weighted by Crippen LogP contribution is -2.39. The summed E-state index contributed by atoms with van der Waals surface area (Å²) in [5.74, 6) is 0.00178. The monoisotopic (exact) mass is 472 g/mol. The first-order valence-electron chi connectivity index (χ1n) is 11.0. The van der Waals surface area contributed by atoms with Gasteiger partial charge in [-0.1, -0.05) is 13.8 Å². The molecule has 1 atom stereocenters. The van der Waals surface area contributed by atoms with E-state index >= 15 is 0 Å². The number of carbonyl (C=O) groups is 1. The Labute approximate surface area is 193 Å². The Morgan fingerprint density at radius 2 is 2.03 bits per heavy atom. The van der Waals surface area contributed by atoms with Gasteiger partial charge in [0.2, 0.25) is 10.0 Å². The van der Waals surface area contributed by atoms with Crippen LogP contribution in [0.5, 0.6) is 0 Å². The molecule has 9 heteroatoms. The number of anilines is 1. The number of carbonyl (C=O) groups excluding carboxylic acids is 1. The van der Waals surface area contributed by atoms with Crippen LogP contribution in [-0.4, -0.2) is 49.7 Å². The smallest absolute Gasteiger partial charge is 0.256 e. The highest BCUT2D eigenvalue weighted by molar-refractivity contribution is 7.89. The number of thiophene rings is 1. The summed E-state index contributed by atoms with van der Waals surface area (Å²) >= 11 is 1.46. The molecule has 2 aliphatic rings. The molecule has 2 aliphatic heterocycles. The van der Waals surface area contributed by atoms with Gasteiger partial charge in [0.05, 0.1) is 10.5 Å². The van der Waals surface area contributed by atoms with Crippen LogP contribution in [-0.2, 0) is 23.0 Å². The third-order valence-electron chi connectivity index (χ3n) is 6.30. The van der Waals surface area contributed by atoms with E-state index in [0.717, 1.165) is 49.3 Å². The number of nitrogens with one attached hydrogen (secondary N) is 1. The number of rotatable bonds is 5.